The second-order valence-electron chi connectivity index (χ2n) is 4.13. The van der Waals surface area contributed by atoms with Gasteiger partial charge in [-0.2, -0.15) is 0 Å². The molecule has 0 spiro atoms. The molecule has 0 fully saturated rings. The van der Waals surface area contributed by atoms with Gasteiger partial charge in [-0.05, 0) is 30.7 Å². The first-order valence-electron chi connectivity index (χ1n) is 5.69. The Morgan fingerprint density at radius 3 is 2.60 bits per heavy atom. The number of hydrogen-bond acceptors (Lipinski definition) is 5. The SMILES string of the molecule is Cc1cc(Oc2cc(NN)cc([N+](=O)[O-])c2)ccc1Br. The van der Waals surface area contributed by atoms with Crippen molar-refractivity contribution in [3.63, 3.8) is 0 Å². The number of non-ortho nitro benzene ring substituents is 1. The number of anilines is 1. The molecule has 0 heterocycles. The number of hydrazine groups is 1. The predicted octanol–water partition coefficient (Wildman–Crippen LogP) is 3.74. The molecule has 0 atom stereocenters. The average Bonchev–Trinajstić information content (AvgIpc) is 2.42. The number of hydrogen-bond donors (Lipinski definition) is 2. The van der Waals surface area contributed by atoms with E-state index in [0.29, 0.717) is 17.2 Å². The highest BCUT2D eigenvalue weighted by molar-refractivity contribution is 9.10. The van der Waals surface area contributed by atoms with E-state index in [1.807, 2.05) is 19.1 Å². The summed E-state index contributed by atoms with van der Waals surface area (Å²) >= 11 is 3.40. The van der Waals surface area contributed by atoms with Crippen LogP contribution in [0.3, 0.4) is 0 Å². The van der Waals surface area contributed by atoms with Gasteiger partial charge in [0.25, 0.3) is 5.69 Å². The van der Waals surface area contributed by atoms with Crippen LogP contribution in [-0.2, 0) is 0 Å². The number of nitro benzene ring substituents is 1. The van der Waals surface area contributed by atoms with Crippen LogP contribution < -0.4 is 16.0 Å². The van der Waals surface area contributed by atoms with Crippen LogP contribution in [-0.4, -0.2) is 4.92 Å². The molecule has 0 amide bonds. The van der Waals surface area contributed by atoms with E-state index in [1.165, 1.54) is 12.1 Å². The van der Waals surface area contributed by atoms with E-state index >= 15 is 0 Å². The van der Waals surface area contributed by atoms with Crippen molar-refractivity contribution in [2.45, 2.75) is 6.92 Å². The minimum atomic E-state index is -0.499. The Morgan fingerprint density at radius 1 is 1.25 bits per heavy atom. The molecule has 0 aromatic heterocycles. The van der Waals surface area contributed by atoms with Crippen LogP contribution in [0.4, 0.5) is 11.4 Å². The summed E-state index contributed by atoms with van der Waals surface area (Å²) in [6.45, 7) is 1.93. The van der Waals surface area contributed by atoms with E-state index in [-0.39, 0.29) is 5.69 Å². The van der Waals surface area contributed by atoms with Crippen molar-refractivity contribution in [2.75, 3.05) is 5.43 Å². The van der Waals surface area contributed by atoms with Crippen molar-refractivity contribution in [1.82, 2.24) is 0 Å². The molecule has 20 heavy (non-hydrogen) atoms. The van der Waals surface area contributed by atoms with E-state index in [0.717, 1.165) is 10.0 Å². The average molecular weight is 338 g/mol. The number of nitrogen functional groups attached to an aromatic ring is 1. The molecule has 0 aliphatic rings. The van der Waals surface area contributed by atoms with Gasteiger partial charge in [0, 0.05) is 16.6 Å². The molecule has 2 aromatic rings. The monoisotopic (exact) mass is 337 g/mol. The first kappa shape index (κ1) is 14.3. The Bertz CT molecular complexity index is 661. The van der Waals surface area contributed by atoms with Crippen LogP contribution in [0, 0.1) is 17.0 Å². The zero-order chi connectivity index (χ0) is 14.7. The normalized spacial score (nSPS) is 10.2. The number of ether oxygens (including phenoxy) is 1. The van der Waals surface area contributed by atoms with Crippen molar-refractivity contribution in [2.24, 2.45) is 5.84 Å². The largest absolute Gasteiger partial charge is 0.457 e. The molecule has 0 radical (unpaired) electrons. The van der Waals surface area contributed by atoms with Gasteiger partial charge >= 0.3 is 0 Å². The molecule has 2 aromatic carbocycles. The van der Waals surface area contributed by atoms with Crippen LogP contribution >= 0.6 is 15.9 Å². The second kappa shape index (κ2) is 5.89. The second-order valence-corrected chi connectivity index (χ2v) is 4.98. The molecule has 0 saturated heterocycles. The Morgan fingerprint density at radius 2 is 2.00 bits per heavy atom. The molecule has 104 valence electrons. The molecule has 6 nitrogen and oxygen atoms in total. The van der Waals surface area contributed by atoms with Gasteiger partial charge in [-0.25, -0.2) is 0 Å². The van der Waals surface area contributed by atoms with Crippen LogP contribution in [0.25, 0.3) is 0 Å². The van der Waals surface area contributed by atoms with Gasteiger partial charge in [-0.15, -0.1) is 0 Å². The highest BCUT2D eigenvalue weighted by Crippen LogP contribution is 2.30. The van der Waals surface area contributed by atoms with Gasteiger partial charge in [-0.1, -0.05) is 15.9 Å². The summed E-state index contributed by atoms with van der Waals surface area (Å²) in [6, 6.07) is 9.72. The molecular weight excluding hydrogens is 326 g/mol. The summed E-state index contributed by atoms with van der Waals surface area (Å²) in [5, 5.41) is 10.8. The minimum absolute atomic E-state index is 0.0933. The first-order chi connectivity index (χ1) is 9.49. The fourth-order valence-corrected chi connectivity index (χ4v) is 1.89. The zero-order valence-electron chi connectivity index (χ0n) is 10.6. The highest BCUT2D eigenvalue weighted by atomic mass is 79.9. The summed E-state index contributed by atoms with van der Waals surface area (Å²) in [5.74, 6) is 6.22. The van der Waals surface area contributed by atoms with Gasteiger partial charge in [0.1, 0.15) is 11.5 Å². The third-order valence-corrected chi connectivity index (χ3v) is 3.52. The lowest BCUT2D eigenvalue weighted by Gasteiger charge is -2.09. The number of nitro groups is 1. The smallest absolute Gasteiger partial charge is 0.275 e. The van der Waals surface area contributed by atoms with Gasteiger partial charge in [0.2, 0.25) is 0 Å². The van der Waals surface area contributed by atoms with E-state index in [9.17, 15) is 10.1 Å². The predicted molar refractivity (Wildman–Crippen MR) is 79.9 cm³/mol. The molecule has 0 aliphatic carbocycles. The van der Waals surface area contributed by atoms with Crippen LogP contribution in [0.1, 0.15) is 5.56 Å². The number of aryl methyl sites for hydroxylation is 1. The Balaban J connectivity index is 2.34. The quantitative estimate of drug-likeness (QED) is 0.503. The molecular formula is C13H12BrN3O3. The third kappa shape index (κ3) is 3.25. The maximum Gasteiger partial charge on any atom is 0.275 e. The number of halogens is 1. The number of nitrogens with one attached hydrogen (secondary N) is 1. The zero-order valence-corrected chi connectivity index (χ0v) is 12.2. The summed E-state index contributed by atoms with van der Waals surface area (Å²) < 4.78 is 6.59. The first-order valence-corrected chi connectivity index (χ1v) is 6.49. The van der Waals surface area contributed by atoms with Crippen LogP contribution in [0.5, 0.6) is 11.5 Å². The van der Waals surface area contributed by atoms with Crippen molar-refractivity contribution in [3.05, 3.63) is 56.5 Å². The number of nitrogens with zero attached hydrogens (tertiary/aromatic N) is 1. The number of rotatable bonds is 4. The van der Waals surface area contributed by atoms with Crippen LogP contribution in [0.2, 0.25) is 0 Å². The summed E-state index contributed by atoms with van der Waals surface area (Å²) in [5.41, 5.74) is 3.69. The van der Waals surface area contributed by atoms with Crippen molar-refractivity contribution in [3.8, 4) is 11.5 Å². The van der Waals surface area contributed by atoms with Crippen LogP contribution in [0.15, 0.2) is 40.9 Å². The van der Waals surface area contributed by atoms with E-state index < -0.39 is 4.92 Å². The molecule has 0 unspecified atom stereocenters. The standard InChI is InChI=1S/C13H12BrN3O3/c1-8-4-11(2-3-13(8)14)20-12-6-9(16-15)5-10(7-12)17(18)19/h2-7,16H,15H2,1H3. The Labute approximate surface area is 123 Å². The molecule has 0 saturated carbocycles. The number of nitrogens with two attached hydrogens (primary N) is 1. The molecule has 3 N–H and O–H groups in total. The van der Waals surface area contributed by atoms with E-state index in [2.05, 4.69) is 21.4 Å². The lowest BCUT2D eigenvalue weighted by atomic mass is 10.2. The third-order valence-electron chi connectivity index (χ3n) is 2.63. The molecule has 2 rings (SSSR count). The van der Waals surface area contributed by atoms with Gasteiger partial charge in [0.05, 0.1) is 16.7 Å². The minimum Gasteiger partial charge on any atom is -0.457 e. The van der Waals surface area contributed by atoms with Gasteiger partial charge < -0.3 is 10.2 Å². The Hall–Kier alpha value is -2.12. The topological polar surface area (TPSA) is 90.4 Å². The number of benzene rings is 2. The van der Waals surface area contributed by atoms with Crippen molar-refractivity contribution >= 4 is 27.3 Å². The van der Waals surface area contributed by atoms with Gasteiger partial charge in [0.15, 0.2) is 0 Å². The van der Waals surface area contributed by atoms with Crippen molar-refractivity contribution < 1.29 is 9.66 Å². The maximum atomic E-state index is 10.8. The fourth-order valence-electron chi connectivity index (χ4n) is 1.65. The van der Waals surface area contributed by atoms with E-state index in [4.69, 9.17) is 10.6 Å². The molecule has 7 heteroatoms. The maximum absolute atomic E-state index is 10.8. The lowest BCUT2D eigenvalue weighted by molar-refractivity contribution is -0.384. The fraction of sp³-hybridized carbons (Fsp3) is 0.0769. The van der Waals surface area contributed by atoms with Crippen molar-refractivity contribution in [1.29, 1.82) is 0 Å². The highest BCUT2D eigenvalue weighted by Gasteiger charge is 2.11. The molecule has 0 aliphatic heterocycles. The summed E-state index contributed by atoms with van der Waals surface area (Å²) in [4.78, 5) is 10.3. The van der Waals surface area contributed by atoms with Gasteiger partial charge in [-0.3, -0.25) is 16.0 Å². The Kier molecular flexibility index (Phi) is 4.21. The summed E-state index contributed by atoms with van der Waals surface area (Å²) in [7, 11) is 0. The lowest BCUT2D eigenvalue weighted by Crippen LogP contribution is -2.07. The van der Waals surface area contributed by atoms with E-state index in [1.54, 1.807) is 12.1 Å². The molecule has 0 bridgehead atoms. The summed E-state index contributed by atoms with van der Waals surface area (Å²) in [6.07, 6.45) is 0.